The van der Waals surface area contributed by atoms with Gasteiger partial charge in [-0.3, -0.25) is 9.48 Å². The number of pyridine rings is 1. The summed E-state index contributed by atoms with van der Waals surface area (Å²) in [6, 6.07) is 4.40. The summed E-state index contributed by atoms with van der Waals surface area (Å²) >= 11 is 0. The maximum absolute atomic E-state index is 14.0. The lowest BCUT2D eigenvalue weighted by atomic mass is 9.85. The molecule has 0 saturated heterocycles. The quantitative estimate of drug-likeness (QED) is 0.560. The summed E-state index contributed by atoms with van der Waals surface area (Å²) in [6.07, 6.45) is 8.46. The summed E-state index contributed by atoms with van der Waals surface area (Å²) < 4.78 is 29.2. The number of anilines is 1. The molecule has 2 aromatic heterocycles. The number of hydrogen-bond donors (Lipinski definition) is 2. The summed E-state index contributed by atoms with van der Waals surface area (Å²) in [4.78, 5) is 16.2. The van der Waals surface area contributed by atoms with Gasteiger partial charge in [0, 0.05) is 28.9 Å². The SMILES string of the molecule is CCC1CCC(n2cc3cc(NC(=O)c4ncc(F)cc4F)c(C(C)(C)O)cc3n2)CC1. The van der Waals surface area contributed by atoms with Crippen molar-refractivity contribution in [2.45, 2.75) is 64.5 Å². The molecule has 6 nitrogen and oxygen atoms in total. The summed E-state index contributed by atoms with van der Waals surface area (Å²) in [7, 11) is 0. The van der Waals surface area contributed by atoms with Crippen LogP contribution in [-0.2, 0) is 5.60 Å². The third kappa shape index (κ3) is 4.50. The zero-order valence-electron chi connectivity index (χ0n) is 18.5. The third-order valence-corrected chi connectivity index (χ3v) is 6.36. The fourth-order valence-corrected chi connectivity index (χ4v) is 4.47. The van der Waals surface area contributed by atoms with E-state index in [-0.39, 0.29) is 0 Å². The maximum atomic E-state index is 14.0. The van der Waals surface area contributed by atoms with Crippen LogP contribution in [0.1, 0.15) is 75.0 Å². The Morgan fingerprint density at radius 2 is 1.94 bits per heavy atom. The number of aliphatic hydroxyl groups is 1. The lowest BCUT2D eigenvalue weighted by Crippen LogP contribution is -2.22. The lowest BCUT2D eigenvalue weighted by Gasteiger charge is -2.27. The minimum absolute atomic E-state index is 0.325. The Hall–Kier alpha value is -2.87. The van der Waals surface area contributed by atoms with E-state index >= 15 is 0 Å². The van der Waals surface area contributed by atoms with Crippen LogP contribution in [0.2, 0.25) is 0 Å². The number of aromatic nitrogens is 3. The molecule has 2 heterocycles. The molecule has 1 amide bonds. The monoisotopic (exact) mass is 442 g/mol. The predicted octanol–water partition coefficient (Wildman–Crippen LogP) is 5.33. The first kappa shape index (κ1) is 22.3. The van der Waals surface area contributed by atoms with Gasteiger partial charge in [0.25, 0.3) is 5.91 Å². The first-order chi connectivity index (χ1) is 15.2. The van der Waals surface area contributed by atoms with Crippen molar-refractivity contribution in [1.82, 2.24) is 14.8 Å². The average Bonchev–Trinajstić information content (AvgIpc) is 3.15. The molecule has 170 valence electrons. The van der Waals surface area contributed by atoms with Gasteiger partial charge in [0.15, 0.2) is 11.5 Å². The highest BCUT2D eigenvalue weighted by Gasteiger charge is 2.26. The first-order valence-corrected chi connectivity index (χ1v) is 11.0. The van der Waals surface area contributed by atoms with Crippen molar-refractivity contribution in [2.75, 3.05) is 5.32 Å². The van der Waals surface area contributed by atoms with Gasteiger partial charge in [-0.25, -0.2) is 13.8 Å². The second-order valence-corrected chi connectivity index (χ2v) is 9.15. The van der Waals surface area contributed by atoms with Crippen molar-refractivity contribution in [3.63, 3.8) is 0 Å². The molecule has 8 heteroatoms. The van der Waals surface area contributed by atoms with Gasteiger partial charge >= 0.3 is 0 Å². The van der Waals surface area contributed by atoms with Crippen molar-refractivity contribution in [3.8, 4) is 0 Å². The minimum atomic E-state index is -1.28. The molecular formula is C24H28F2N4O2. The first-order valence-electron chi connectivity index (χ1n) is 11.0. The van der Waals surface area contributed by atoms with E-state index in [2.05, 4.69) is 17.2 Å². The van der Waals surface area contributed by atoms with Crippen LogP contribution < -0.4 is 5.32 Å². The molecule has 32 heavy (non-hydrogen) atoms. The van der Waals surface area contributed by atoms with Crippen LogP contribution in [0, 0.1) is 17.6 Å². The number of rotatable bonds is 5. The Bertz CT molecular complexity index is 1140. The summed E-state index contributed by atoms with van der Waals surface area (Å²) in [5.41, 5.74) is -0.315. The summed E-state index contributed by atoms with van der Waals surface area (Å²) in [5.74, 6) is -1.96. The highest BCUT2D eigenvalue weighted by Crippen LogP contribution is 2.36. The number of amides is 1. The molecule has 3 aromatic rings. The van der Waals surface area contributed by atoms with Gasteiger partial charge in [-0.15, -0.1) is 0 Å². The number of fused-ring (bicyclic) bond motifs is 1. The Kier molecular flexibility index (Phi) is 5.99. The number of hydrogen-bond acceptors (Lipinski definition) is 4. The molecule has 2 N–H and O–H groups in total. The largest absolute Gasteiger partial charge is 0.386 e. The normalized spacial score (nSPS) is 19.3. The average molecular weight is 443 g/mol. The molecular weight excluding hydrogens is 414 g/mol. The molecule has 1 saturated carbocycles. The van der Waals surface area contributed by atoms with E-state index in [1.807, 2.05) is 10.9 Å². The van der Waals surface area contributed by atoms with E-state index in [0.29, 0.717) is 28.9 Å². The number of nitrogens with one attached hydrogen (secondary N) is 1. The lowest BCUT2D eigenvalue weighted by molar-refractivity contribution is 0.0793. The zero-order valence-corrected chi connectivity index (χ0v) is 18.5. The molecule has 0 radical (unpaired) electrons. The maximum Gasteiger partial charge on any atom is 0.277 e. The number of carbonyl (C=O) groups excluding carboxylic acids is 1. The van der Waals surface area contributed by atoms with E-state index in [0.717, 1.165) is 30.3 Å². The highest BCUT2D eigenvalue weighted by atomic mass is 19.1. The fraction of sp³-hybridized carbons (Fsp3) is 0.458. The van der Waals surface area contributed by atoms with E-state index < -0.39 is 28.8 Å². The van der Waals surface area contributed by atoms with Gasteiger partial charge in [0.05, 0.1) is 23.4 Å². The number of carbonyl (C=O) groups is 1. The van der Waals surface area contributed by atoms with Crippen molar-refractivity contribution in [1.29, 1.82) is 0 Å². The van der Waals surface area contributed by atoms with Crippen LogP contribution >= 0.6 is 0 Å². The number of nitrogens with zero attached hydrogens (tertiary/aromatic N) is 3. The van der Waals surface area contributed by atoms with Gasteiger partial charge in [-0.05, 0) is 57.6 Å². The van der Waals surface area contributed by atoms with Gasteiger partial charge in [-0.2, -0.15) is 5.10 Å². The summed E-state index contributed by atoms with van der Waals surface area (Å²) in [6.45, 7) is 5.43. The van der Waals surface area contributed by atoms with Crippen molar-refractivity contribution < 1.29 is 18.7 Å². The van der Waals surface area contributed by atoms with Crippen LogP contribution in [0.5, 0.6) is 0 Å². The fourth-order valence-electron chi connectivity index (χ4n) is 4.47. The molecule has 1 fully saturated rings. The van der Waals surface area contributed by atoms with Crippen molar-refractivity contribution in [2.24, 2.45) is 5.92 Å². The zero-order chi connectivity index (χ0) is 23.0. The standard InChI is InChI=1S/C24H28F2N4O2/c1-4-14-5-7-17(8-6-14)30-13-15-9-21(18(24(2,3)32)11-20(15)29-30)28-23(31)22-19(26)10-16(25)12-27-22/h9-14,17,32H,4-8H2,1-3H3,(H,28,31). The Morgan fingerprint density at radius 3 is 2.56 bits per heavy atom. The summed E-state index contributed by atoms with van der Waals surface area (Å²) in [5, 5.41) is 18.9. The van der Waals surface area contributed by atoms with Crippen LogP contribution in [0.3, 0.4) is 0 Å². The van der Waals surface area contributed by atoms with Crippen LogP contribution in [0.15, 0.2) is 30.6 Å². The minimum Gasteiger partial charge on any atom is -0.386 e. The molecule has 1 aliphatic rings. The van der Waals surface area contributed by atoms with Crippen LogP contribution in [-0.4, -0.2) is 25.8 Å². The Labute approximate surface area is 185 Å². The van der Waals surface area contributed by atoms with Gasteiger partial charge in [0.2, 0.25) is 0 Å². The smallest absolute Gasteiger partial charge is 0.277 e. The molecule has 0 unspecified atom stereocenters. The van der Waals surface area contributed by atoms with E-state index in [1.165, 1.54) is 19.3 Å². The van der Waals surface area contributed by atoms with Gasteiger partial charge in [-0.1, -0.05) is 13.3 Å². The van der Waals surface area contributed by atoms with Crippen LogP contribution in [0.25, 0.3) is 10.9 Å². The molecule has 1 aliphatic carbocycles. The van der Waals surface area contributed by atoms with Gasteiger partial charge < -0.3 is 10.4 Å². The van der Waals surface area contributed by atoms with E-state index in [4.69, 9.17) is 5.10 Å². The molecule has 1 aromatic carbocycles. The third-order valence-electron chi connectivity index (χ3n) is 6.36. The molecule has 0 bridgehead atoms. The molecule has 0 spiro atoms. The topological polar surface area (TPSA) is 80.0 Å². The van der Waals surface area contributed by atoms with E-state index in [9.17, 15) is 18.7 Å². The highest BCUT2D eigenvalue weighted by molar-refractivity contribution is 6.04. The van der Waals surface area contributed by atoms with Crippen molar-refractivity contribution >= 4 is 22.5 Å². The second kappa shape index (κ2) is 8.58. The van der Waals surface area contributed by atoms with Crippen LogP contribution in [0.4, 0.5) is 14.5 Å². The molecule has 0 atom stereocenters. The number of benzene rings is 1. The van der Waals surface area contributed by atoms with Gasteiger partial charge in [0.1, 0.15) is 5.82 Å². The molecule has 4 rings (SSSR count). The van der Waals surface area contributed by atoms with E-state index in [1.54, 1.807) is 26.0 Å². The number of halogens is 2. The second-order valence-electron chi connectivity index (χ2n) is 9.15. The van der Waals surface area contributed by atoms with Crippen molar-refractivity contribution in [3.05, 3.63) is 53.5 Å². The predicted molar refractivity (Wildman–Crippen MR) is 118 cm³/mol. The molecule has 0 aliphatic heterocycles. The Morgan fingerprint density at radius 1 is 1.22 bits per heavy atom. The Balaban J connectivity index is 1.67.